The van der Waals surface area contributed by atoms with Crippen LogP contribution in [0.3, 0.4) is 0 Å². The van der Waals surface area contributed by atoms with Crippen LogP contribution in [-0.4, -0.2) is 35.5 Å². The second-order valence-electron chi connectivity index (χ2n) is 13.6. The van der Waals surface area contributed by atoms with Crippen molar-refractivity contribution < 1.29 is 19.7 Å². The van der Waals surface area contributed by atoms with Crippen molar-refractivity contribution >= 4 is 5.97 Å². The lowest BCUT2D eigenvalue weighted by atomic mass is 9.36. The van der Waals surface area contributed by atoms with Gasteiger partial charge >= 0.3 is 5.97 Å². The van der Waals surface area contributed by atoms with Gasteiger partial charge in [-0.05, 0) is 111 Å². The molecule has 0 aliphatic heterocycles. The summed E-state index contributed by atoms with van der Waals surface area (Å²) < 4.78 is 5.31. The predicted molar refractivity (Wildman–Crippen MR) is 141 cm³/mol. The first kappa shape index (κ1) is 26.9. The number of esters is 1. The van der Waals surface area contributed by atoms with E-state index in [0.717, 1.165) is 50.5 Å². The van der Waals surface area contributed by atoms with Crippen LogP contribution in [-0.2, 0) is 9.53 Å². The van der Waals surface area contributed by atoms with E-state index in [2.05, 4.69) is 54.5 Å². The van der Waals surface area contributed by atoms with Gasteiger partial charge in [0.2, 0.25) is 0 Å². The lowest BCUT2D eigenvalue weighted by Gasteiger charge is -2.69. The monoisotopic (exact) mass is 486 g/mol. The average molecular weight is 487 g/mol. The van der Waals surface area contributed by atoms with Crippen molar-refractivity contribution in [3.63, 3.8) is 0 Å². The number of methoxy groups -OCH3 is 1. The summed E-state index contributed by atoms with van der Waals surface area (Å²) in [5.74, 6) is 1.31. The number of fused-ring (bicyclic) bond motifs is 5. The van der Waals surface area contributed by atoms with Gasteiger partial charge in [-0.2, -0.15) is 0 Å². The minimum Gasteiger partial charge on any atom is -0.466 e. The van der Waals surface area contributed by atoms with Gasteiger partial charge in [0.25, 0.3) is 0 Å². The Morgan fingerprint density at radius 1 is 1.06 bits per heavy atom. The Bertz CT molecular complexity index is 900. The van der Waals surface area contributed by atoms with E-state index in [9.17, 15) is 15.0 Å². The summed E-state index contributed by atoms with van der Waals surface area (Å²) in [6, 6.07) is 0. The molecule has 4 rings (SSSR count). The molecule has 0 spiro atoms. The molecular weight excluding hydrogens is 436 g/mol. The van der Waals surface area contributed by atoms with E-state index in [-0.39, 0.29) is 52.2 Å². The molecule has 4 saturated carbocycles. The highest BCUT2D eigenvalue weighted by Gasteiger charge is 2.70. The predicted octanol–water partition coefficient (Wildman–Crippen LogP) is 6.46. The van der Waals surface area contributed by atoms with Gasteiger partial charge in [0.1, 0.15) is 0 Å². The van der Waals surface area contributed by atoms with Crippen molar-refractivity contribution in [2.24, 2.45) is 45.8 Å². The maximum atomic E-state index is 13.1. The summed E-state index contributed by atoms with van der Waals surface area (Å²) in [7, 11) is 1.50. The fourth-order valence-electron chi connectivity index (χ4n) is 10.1. The minimum atomic E-state index is -0.384. The SMILES string of the molecule is COC(=O)/C(CCC=C(C)C)=C1\C(C)CC2(C)C1CC(O)C1C3(C)CCC(O)C(C)C3CCC12C. The van der Waals surface area contributed by atoms with Crippen molar-refractivity contribution in [1.29, 1.82) is 0 Å². The van der Waals surface area contributed by atoms with Crippen LogP contribution in [0.15, 0.2) is 22.8 Å². The van der Waals surface area contributed by atoms with Gasteiger partial charge in [-0.3, -0.25) is 0 Å². The van der Waals surface area contributed by atoms with Gasteiger partial charge in [-0.25, -0.2) is 4.79 Å². The van der Waals surface area contributed by atoms with Crippen LogP contribution in [0.4, 0.5) is 0 Å². The highest BCUT2D eigenvalue weighted by molar-refractivity contribution is 5.89. The molecule has 10 atom stereocenters. The highest BCUT2D eigenvalue weighted by atomic mass is 16.5. The largest absolute Gasteiger partial charge is 0.466 e. The summed E-state index contributed by atoms with van der Waals surface area (Å²) in [4.78, 5) is 13.1. The second-order valence-corrected chi connectivity index (χ2v) is 13.6. The highest BCUT2D eigenvalue weighted by Crippen LogP contribution is 2.75. The summed E-state index contributed by atoms with van der Waals surface area (Å²) in [6.07, 6.45) is 8.99. The number of rotatable bonds is 4. The molecular formula is C31H50O4. The normalized spacial score (nSPS) is 48.3. The third kappa shape index (κ3) is 3.97. The van der Waals surface area contributed by atoms with Crippen molar-refractivity contribution in [3.8, 4) is 0 Å². The molecule has 4 nitrogen and oxygen atoms in total. The molecule has 4 aliphatic rings. The first-order chi connectivity index (χ1) is 16.3. The molecule has 4 heteroatoms. The lowest BCUT2D eigenvalue weighted by molar-refractivity contribution is -0.233. The van der Waals surface area contributed by atoms with Crippen molar-refractivity contribution in [2.75, 3.05) is 7.11 Å². The Balaban J connectivity index is 1.77. The van der Waals surface area contributed by atoms with Crippen LogP contribution in [0, 0.1) is 45.8 Å². The fraction of sp³-hybridized carbons (Fsp3) is 0.839. The van der Waals surface area contributed by atoms with E-state index in [0.29, 0.717) is 18.3 Å². The van der Waals surface area contributed by atoms with Crippen molar-refractivity contribution in [1.82, 2.24) is 0 Å². The van der Waals surface area contributed by atoms with Crippen LogP contribution in [0.2, 0.25) is 0 Å². The molecule has 0 amide bonds. The van der Waals surface area contributed by atoms with E-state index in [1.165, 1.54) is 18.3 Å². The topological polar surface area (TPSA) is 66.8 Å². The Kier molecular flexibility index (Phi) is 7.16. The summed E-state index contributed by atoms with van der Waals surface area (Å²) >= 11 is 0. The first-order valence-electron chi connectivity index (χ1n) is 14.1. The number of carbonyl (C=O) groups excluding carboxylic acids is 1. The molecule has 35 heavy (non-hydrogen) atoms. The Morgan fingerprint density at radius 2 is 1.74 bits per heavy atom. The third-order valence-electron chi connectivity index (χ3n) is 11.7. The van der Waals surface area contributed by atoms with Crippen LogP contribution < -0.4 is 0 Å². The van der Waals surface area contributed by atoms with Crippen LogP contribution >= 0.6 is 0 Å². The molecule has 4 aliphatic carbocycles. The molecule has 4 fully saturated rings. The molecule has 0 aromatic heterocycles. The maximum absolute atomic E-state index is 13.1. The minimum absolute atomic E-state index is 0.000253. The van der Waals surface area contributed by atoms with Gasteiger partial charge in [-0.1, -0.05) is 51.8 Å². The number of aliphatic hydroxyl groups excluding tert-OH is 2. The fourth-order valence-corrected chi connectivity index (χ4v) is 10.1. The Labute approximate surface area is 213 Å². The molecule has 2 N–H and O–H groups in total. The van der Waals surface area contributed by atoms with E-state index in [1.807, 2.05) is 0 Å². The molecule has 0 bridgehead atoms. The molecule has 0 heterocycles. The summed E-state index contributed by atoms with van der Waals surface area (Å²) in [6.45, 7) is 16.1. The third-order valence-corrected chi connectivity index (χ3v) is 11.7. The number of carbonyl (C=O) groups is 1. The van der Waals surface area contributed by atoms with E-state index < -0.39 is 0 Å². The van der Waals surface area contributed by atoms with Crippen LogP contribution in [0.1, 0.15) is 99.8 Å². The number of aliphatic hydroxyl groups is 2. The summed E-state index contributed by atoms with van der Waals surface area (Å²) in [5.41, 5.74) is 3.47. The second kappa shape index (κ2) is 9.31. The zero-order valence-corrected chi connectivity index (χ0v) is 23.5. The number of allylic oxidation sites excluding steroid dienone is 3. The van der Waals surface area contributed by atoms with E-state index >= 15 is 0 Å². The van der Waals surface area contributed by atoms with Crippen LogP contribution in [0.5, 0.6) is 0 Å². The van der Waals surface area contributed by atoms with Gasteiger partial charge in [0, 0.05) is 5.57 Å². The molecule has 0 aromatic carbocycles. The number of hydrogen-bond acceptors (Lipinski definition) is 4. The van der Waals surface area contributed by atoms with Gasteiger partial charge in [0.15, 0.2) is 0 Å². The van der Waals surface area contributed by atoms with Crippen molar-refractivity contribution in [3.05, 3.63) is 22.8 Å². The quantitative estimate of drug-likeness (QED) is 0.272. The Hall–Kier alpha value is -1.13. The smallest absolute Gasteiger partial charge is 0.333 e. The van der Waals surface area contributed by atoms with E-state index in [1.54, 1.807) is 0 Å². The van der Waals surface area contributed by atoms with Gasteiger partial charge in [0.05, 0.1) is 19.3 Å². The molecule has 0 aromatic rings. The van der Waals surface area contributed by atoms with Gasteiger partial charge in [-0.15, -0.1) is 0 Å². The summed E-state index contributed by atoms with van der Waals surface area (Å²) in [5, 5.41) is 22.6. The first-order valence-corrected chi connectivity index (χ1v) is 14.1. The van der Waals surface area contributed by atoms with Crippen molar-refractivity contribution in [2.45, 2.75) is 112 Å². The van der Waals surface area contributed by atoms with Crippen LogP contribution in [0.25, 0.3) is 0 Å². The maximum Gasteiger partial charge on any atom is 0.333 e. The zero-order valence-electron chi connectivity index (χ0n) is 23.5. The standard InChI is InChI=1S/C31H50O4/c1-18(2)10-9-11-21(28(34)35-8)26-19(3)17-31(7)23(26)16-25(33)27-29(5)14-13-24(32)20(4)22(29)12-15-30(27,31)6/h10,19-20,22-25,27,32-33H,9,11-17H2,1-8H3/b26-21+. The molecule has 198 valence electrons. The van der Waals surface area contributed by atoms with Gasteiger partial charge < -0.3 is 14.9 Å². The van der Waals surface area contributed by atoms with E-state index in [4.69, 9.17) is 4.74 Å². The number of ether oxygens (including phenoxy) is 1. The Morgan fingerprint density at radius 3 is 2.37 bits per heavy atom. The molecule has 0 radical (unpaired) electrons. The number of hydrogen-bond donors (Lipinski definition) is 2. The average Bonchev–Trinajstić information content (AvgIpc) is 3.04. The lowest BCUT2D eigenvalue weighted by Crippen LogP contribution is -2.65. The molecule has 10 unspecified atom stereocenters. The zero-order chi connectivity index (χ0) is 25.9. The molecule has 0 saturated heterocycles.